The molecule has 4 saturated heterocycles. The molecule has 2 saturated carbocycles. The van der Waals surface area contributed by atoms with Crippen molar-refractivity contribution in [3.63, 3.8) is 0 Å². The lowest BCUT2D eigenvalue weighted by Gasteiger charge is -2.49. The standard InChI is InChI=1S/C46H52N2O10/c1-44(2,3)55-37(50)23-21-33(27-49)47-43(52)45-25-36-38-39(57-46(56-38,31-10-6-4-7-11-31)32-12-8-5-9-13-32)41(45)58-48(40(45)42(51)54-36)26-30-18-15-28(16-19-30)14-17-29-20-22-34-35(24-29)53-34/h4-19,29,33-36,38-41,49H,20-27H2,1-3H3,(H,47,52)/t29?,33-,34?,35?,36+,38-,39-,40-,41+,45-/m0/s1. The number of esters is 2. The van der Waals surface area contributed by atoms with Gasteiger partial charge in [-0.25, -0.2) is 0 Å². The van der Waals surface area contributed by atoms with E-state index in [2.05, 4.69) is 17.5 Å². The van der Waals surface area contributed by atoms with Crippen LogP contribution < -0.4 is 5.32 Å². The number of epoxide rings is 1. The minimum absolute atomic E-state index is 0.0184. The van der Waals surface area contributed by atoms with E-state index in [1.54, 1.807) is 25.8 Å². The van der Waals surface area contributed by atoms with Crippen molar-refractivity contribution in [1.29, 1.82) is 0 Å². The van der Waals surface area contributed by atoms with Crippen LogP contribution in [0.2, 0.25) is 0 Å². The maximum atomic E-state index is 15.0. The van der Waals surface area contributed by atoms with Crippen molar-refractivity contribution in [2.24, 2.45) is 11.3 Å². The van der Waals surface area contributed by atoms with Gasteiger partial charge in [0.15, 0.2) is 6.04 Å². The average Bonchev–Trinajstić information content (AvgIpc) is 3.74. The number of hydrogen-bond acceptors (Lipinski definition) is 11. The van der Waals surface area contributed by atoms with Gasteiger partial charge in [0, 0.05) is 24.0 Å². The molecule has 0 radical (unpaired) electrons. The predicted octanol–water partition coefficient (Wildman–Crippen LogP) is 5.35. The highest BCUT2D eigenvalue weighted by Crippen LogP contribution is 2.59. The van der Waals surface area contributed by atoms with E-state index in [1.807, 2.05) is 84.9 Å². The number of ether oxygens (including phenoxy) is 5. The Balaban J connectivity index is 1.02. The van der Waals surface area contributed by atoms with Crippen molar-refractivity contribution < 1.29 is 48.0 Å². The molecule has 3 aromatic rings. The van der Waals surface area contributed by atoms with E-state index < -0.39 is 77.8 Å². The van der Waals surface area contributed by atoms with Crippen molar-refractivity contribution in [2.75, 3.05) is 6.61 Å². The molecule has 3 aromatic carbocycles. The number of amides is 1. The van der Waals surface area contributed by atoms with Crippen LogP contribution in [0.5, 0.6) is 0 Å². The minimum Gasteiger partial charge on any atom is -0.460 e. The minimum atomic E-state index is -1.49. The van der Waals surface area contributed by atoms with Gasteiger partial charge < -0.3 is 34.1 Å². The molecule has 9 rings (SSSR count). The Hall–Kier alpha value is -4.43. The second-order valence-corrected chi connectivity index (χ2v) is 17.6. The Morgan fingerprint density at radius 3 is 2.28 bits per heavy atom. The normalized spacial score (nSPS) is 32.5. The van der Waals surface area contributed by atoms with E-state index in [1.165, 1.54) is 0 Å². The van der Waals surface area contributed by atoms with Gasteiger partial charge >= 0.3 is 11.9 Å². The van der Waals surface area contributed by atoms with Gasteiger partial charge in [-0.2, -0.15) is 5.06 Å². The molecule has 306 valence electrons. The average molecular weight is 793 g/mol. The number of nitrogens with one attached hydrogen (secondary N) is 1. The lowest BCUT2D eigenvalue weighted by atomic mass is 9.62. The number of fused-ring (bicyclic) bond motifs is 5. The Labute approximate surface area is 338 Å². The second-order valence-electron chi connectivity index (χ2n) is 17.6. The molecule has 0 aromatic heterocycles. The molecule has 58 heavy (non-hydrogen) atoms. The van der Waals surface area contributed by atoms with Gasteiger partial charge in [0.25, 0.3) is 0 Å². The van der Waals surface area contributed by atoms with Gasteiger partial charge in [0.05, 0.1) is 31.4 Å². The number of nitrogens with zero attached hydrogens (tertiary/aromatic N) is 1. The Morgan fingerprint density at radius 2 is 1.62 bits per heavy atom. The fraction of sp³-hybridized carbons (Fsp3) is 0.500. The number of allylic oxidation sites excluding steroid dienone is 1. The third-order valence-electron chi connectivity index (χ3n) is 12.5. The summed E-state index contributed by atoms with van der Waals surface area (Å²) in [4.78, 5) is 48.8. The number of aliphatic hydroxyl groups is 1. The van der Waals surface area contributed by atoms with E-state index in [4.69, 9.17) is 28.5 Å². The van der Waals surface area contributed by atoms with Gasteiger partial charge in [-0.15, -0.1) is 0 Å². The number of aliphatic hydroxyl groups excluding tert-OH is 1. The van der Waals surface area contributed by atoms with Crippen LogP contribution in [-0.4, -0.2) is 88.9 Å². The fourth-order valence-corrected chi connectivity index (χ4v) is 9.67. The first-order chi connectivity index (χ1) is 28.0. The van der Waals surface area contributed by atoms with Crippen LogP contribution in [0.25, 0.3) is 6.08 Å². The molecule has 6 fully saturated rings. The maximum absolute atomic E-state index is 15.0. The van der Waals surface area contributed by atoms with E-state index in [9.17, 15) is 19.5 Å². The van der Waals surface area contributed by atoms with E-state index in [0.717, 1.165) is 41.5 Å². The van der Waals surface area contributed by atoms with E-state index in [-0.39, 0.29) is 25.8 Å². The smallest absolute Gasteiger partial charge is 0.327 e. The van der Waals surface area contributed by atoms with Crippen LogP contribution in [0.4, 0.5) is 0 Å². The highest BCUT2D eigenvalue weighted by atomic mass is 16.8. The van der Waals surface area contributed by atoms with Crippen LogP contribution in [0.3, 0.4) is 0 Å². The highest BCUT2D eigenvalue weighted by molar-refractivity contribution is 5.94. The molecule has 2 bridgehead atoms. The Morgan fingerprint density at radius 1 is 0.931 bits per heavy atom. The summed E-state index contributed by atoms with van der Waals surface area (Å²) >= 11 is 0. The largest absolute Gasteiger partial charge is 0.460 e. The summed E-state index contributed by atoms with van der Waals surface area (Å²) in [7, 11) is 0. The molecule has 10 atom stereocenters. The molecule has 12 nitrogen and oxygen atoms in total. The number of hydrogen-bond donors (Lipinski definition) is 2. The summed E-state index contributed by atoms with van der Waals surface area (Å²) in [5.41, 5.74) is 1.26. The van der Waals surface area contributed by atoms with Crippen LogP contribution >= 0.6 is 0 Å². The van der Waals surface area contributed by atoms with Crippen LogP contribution in [-0.2, 0) is 55.2 Å². The molecule has 1 amide bonds. The second kappa shape index (κ2) is 15.3. The summed E-state index contributed by atoms with van der Waals surface area (Å²) < 4.78 is 31.4. The zero-order chi connectivity index (χ0) is 40.2. The van der Waals surface area contributed by atoms with Crippen molar-refractivity contribution in [3.05, 3.63) is 113 Å². The Kier molecular flexibility index (Phi) is 10.3. The zero-order valence-corrected chi connectivity index (χ0v) is 33.2. The molecule has 3 unspecified atom stereocenters. The van der Waals surface area contributed by atoms with Crippen LogP contribution in [0.1, 0.15) is 81.5 Å². The predicted molar refractivity (Wildman–Crippen MR) is 210 cm³/mol. The van der Waals surface area contributed by atoms with E-state index >= 15 is 0 Å². The highest BCUT2D eigenvalue weighted by Gasteiger charge is 2.76. The summed E-state index contributed by atoms with van der Waals surface area (Å²) in [6, 6.07) is 25.3. The molecular formula is C46H52N2O10. The lowest BCUT2D eigenvalue weighted by molar-refractivity contribution is -0.213. The molecule has 2 N–H and O–H groups in total. The van der Waals surface area contributed by atoms with Gasteiger partial charge in [0.2, 0.25) is 11.7 Å². The zero-order valence-electron chi connectivity index (χ0n) is 33.2. The molecular weight excluding hydrogens is 741 g/mol. The molecule has 12 heteroatoms. The Bertz CT molecular complexity index is 1980. The summed E-state index contributed by atoms with van der Waals surface area (Å²) in [6.07, 6.45) is 5.41. The van der Waals surface area contributed by atoms with E-state index in [0.29, 0.717) is 18.1 Å². The van der Waals surface area contributed by atoms with Crippen molar-refractivity contribution in [2.45, 2.75) is 126 Å². The third kappa shape index (κ3) is 7.28. The number of carbonyl (C=O) groups excluding carboxylic acids is 3. The molecule has 4 heterocycles. The number of carbonyl (C=O) groups is 3. The SMILES string of the molecule is CC(C)(C)OC(=O)CC[C@@H](CO)NC(=O)[C@@]12C[C@H]3OC(=O)[C@@H]1N(Cc1ccc(C=CC4CCC5OC5C4)cc1)O[C@@H]2[C@H]1OC(c2ccccc2)(c2ccccc2)O[C@H]13. The monoisotopic (exact) mass is 792 g/mol. The van der Waals surface area contributed by atoms with Gasteiger partial charge in [-0.3, -0.25) is 19.2 Å². The van der Waals surface area contributed by atoms with Crippen molar-refractivity contribution >= 4 is 23.9 Å². The van der Waals surface area contributed by atoms with Gasteiger partial charge in [-0.1, -0.05) is 97.1 Å². The number of hydroxylamine groups is 2. The van der Waals surface area contributed by atoms with Crippen molar-refractivity contribution in [1.82, 2.24) is 10.4 Å². The quantitative estimate of drug-likeness (QED) is 0.181. The molecule has 2 aliphatic carbocycles. The lowest BCUT2D eigenvalue weighted by Crippen LogP contribution is -2.70. The summed E-state index contributed by atoms with van der Waals surface area (Å²) in [5, 5.41) is 15.0. The van der Waals surface area contributed by atoms with Gasteiger partial charge in [-0.05, 0) is 63.5 Å². The van der Waals surface area contributed by atoms with Gasteiger partial charge in [0.1, 0.15) is 35.4 Å². The maximum Gasteiger partial charge on any atom is 0.327 e. The summed E-state index contributed by atoms with van der Waals surface area (Å²) in [5.74, 6) is -2.41. The first-order valence-electron chi connectivity index (χ1n) is 20.6. The number of rotatable bonds is 12. The summed E-state index contributed by atoms with van der Waals surface area (Å²) in [6.45, 7) is 5.11. The first-order valence-corrected chi connectivity index (χ1v) is 20.6. The first kappa shape index (κ1) is 39.1. The van der Waals surface area contributed by atoms with Crippen LogP contribution in [0.15, 0.2) is 91.0 Å². The third-order valence-corrected chi connectivity index (χ3v) is 12.5. The number of benzene rings is 3. The van der Waals surface area contributed by atoms with Crippen molar-refractivity contribution in [3.8, 4) is 0 Å². The molecule has 4 aliphatic heterocycles. The van der Waals surface area contributed by atoms with Crippen LogP contribution in [0, 0.1) is 11.3 Å². The molecule has 6 aliphatic rings. The fourth-order valence-electron chi connectivity index (χ4n) is 9.67. The molecule has 0 spiro atoms. The topological polar surface area (TPSA) is 145 Å².